The summed E-state index contributed by atoms with van der Waals surface area (Å²) in [4.78, 5) is 0. The fourth-order valence-electron chi connectivity index (χ4n) is 4.54. The van der Waals surface area contributed by atoms with E-state index in [2.05, 4.69) is 26.5 Å². The van der Waals surface area contributed by atoms with Crippen molar-refractivity contribution in [2.75, 3.05) is 33.6 Å². The Morgan fingerprint density at radius 2 is 2.00 bits per heavy atom. The van der Waals surface area contributed by atoms with Crippen molar-refractivity contribution in [1.82, 2.24) is 9.34 Å². The number of phenolic OH excluding ortho intramolecular Hbond substituents is 1. The number of alkyl halides is 1. The molecule has 0 heterocycles. The summed E-state index contributed by atoms with van der Waals surface area (Å²) in [6.07, 6.45) is 8.30. The van der Waals surface area contributed by atoms with Crippen molar-refractivity contribution in [1.29, 1.82) is 0 Å². The molecule has 3 atom stereocenters. The number of aryl methyl sites for hydroxylation is 1. The molecule has 0 aromatic heterocycles. The van der Waals surface area contributed by atoms with Gasteiger partial charge in [0, 0.05) is 23.9 Å². The van der Waals surface area contributed by atoms with Crippen LogP contribution in [0.4, 0.5) is 0 Å². The Labute approximate surface area is 206 Å². The fraction of sp³-hybridized carbons (Fsp3) is 0.615. The Hall–Kier alpha value is -1.26. The molecule has 5 nitrogen and oxygen atoms in total. The summed E-state index contributed by atoms with van der Waals surface area (Å²) in [7, 11) is 1.85. The van der Waals surface area contributed by atoms with Crippen LogP contribution in [-0.4, -0.2) is 48.0 Å². The van der Waals surface area contributed by atoms with Crippen molar-refractivity contribution < 1.29 is 14.2 Å². The Balaban J connectivity index is 2.65. The highest BCUT2D eigenvalue weighted by Crippen LogP contribution is 2.55. The lowest BCUT2D eigenvalue weighted by Crippen LogP contribution is -2.29. The van der Waals surface area contributed by atoms with Gasteiger partial charge < -0.3 is 9.63 Å². The molecule has 1 aliphatic rings. The van der Waals surface area contributed by atoms with E-state index in [1.165, 1.54) is 5.57 Å². The maximum Gasteiger partial charge on any atom is 0.395 e. The first-order valence-corrected chi connectivity index (χ1v) is 14.0. The second kappa shape index (κ2) is 12.4. The molecule has 0 bridgehead atoms. The van der Waals surface area contributed by atoms with Crippen LogP contribution < -0.4 is 4.52 Å². The Bertz CT molecular complexity index is 900. The monoisotopic (exact) mass is 496 g/mol. The molecule has 0 spiro atoms. The van der Waals surface area contributed by atoms with E-state index in [1.807, 2.05) is 19.1 Å². The van der Waals surface area contributed by atoms with Crippen LogP contribution in [0.1, 0.15) is 69.9 Å². The minimum absolute atomic E-state index is 0.0788. The second-order valence-electron chi connectivity index (χ2n) is 9.51. The number of phenols is 1. The van der Waals surface area contributed by atoms with Crippen molar-refractivity contribution >= 4 is 19.3 Å². The van der Waals surface area contributed by atoms with Crippen LogP contribution in [0.15, 0.2) is 35.9 Å². The summed E-state index contributed by atoms with van der Waals surface area (Å²) in [6, 6.07) is 3.83. The molecule has 1 aliphatic carbocycles. The number of benzene rings is 1. The molecule has 33 heavy (non-hydrogen) atoms. The molecule has 0 radical (unpaired) electrons. The second-order valence-corrected chi connectivity index (χ2v) is 12.5. The van der Waals surface area contributed by atoms with Gasteiger partial charge in [0.05, 0.1) is 0 Å². The molecule has 1 N–H and O–H groups in total. The largest absolute Gasteiger partial charge is 0.507 e. The highest BCUT2D eigenvalue weighted by molar-refractivity contribution is 7.54. The van der Waals surface area contributed by atoms with Gasteiger partial charge in [-0.05, 0) is 84.3 Å². The van der Waals surface area contributed by atoms with E-state index in [1.54, 1.807) is 30.5 Å². The molecule has 0 saturated carbocycles. The molecule has 0 aliphatic heterocycles. The van der Waals surface area contributed by atoms with E-state index in [0.29, 0.717) is 23.7 Å². The van der Waals surface area contributed by atoms with Crippen LogP contribution in [0.3, 0.4) is 0 Å². The zero-order chi connectivity index (χ0) is 24.8. The summed E-state index contributed by atoms with van der Waals surface area (Å²) < 4.78 is 23.7. The van der Waals surface area contributed by atoms with Crippen LogP contribution in [0.25, 0.3) is 0 Å². The summed E-state index contributed by atoms with van der Waals surface area (Å²) in [6.45, 7) is 11.0. The predicted molar refractivity (Wildman–Crippen MR) is 141 cm³/mol. The summed E-state index contributed by atoms with van der Waals surface area (Å²) in [5.41, 5.74) is 4.05. The fourth-order valence-corrected chi connectivity index (χ4v) is 6.59. The average Bonchev–Trinajstić information content (AvgIpc) is 2.73. The van der Waals surface area contributed by atoms with Gasteiger partial charge in [0.2, 0.25) is 0 Å². The third-order valence-corrected chi connectivity index (χ3v) is 9.20. The van der Waals surface area contributed by atoms with Gasteiger partial charge in [0.15, 0.2) is 0 Å². The van der Waals surface area contributed by atoms with Crippen molar-refractivity contribution in [3.8, 4) is 11.5 Å². The number of hydrogen-bond acceptors (Lipinski definition) is 3. The number of unbranched alkanes of at least 4 members (excludes halogenated alkanes) is 2. The Morgan fingerprint density at radius 1 is 1.30 bits per heavy atom. The Kier molecular flexibility index (Phi) is 10.6. The third-order valence-electron chi connectivity index (χ3n) is 6.52. The van der Waals surface area contributed by atoms with E-state index >= 15 is 0 Å². The van der Waals surface area contributed by atoms with Gasteiger partial charge in [-0.1, -0.05) is 43.6 Å². The molecule has 0 saturated heterocycles. The molecule has 1 aromatic carbocycles. The van der Waals surface area contributed by atoms with Gasteiger partial charge in [-0.3, -0.25) is 0 Å². The van der Waals surface area contributed by atoms with Gasteiger partial charge in [-0.25, -0.2) is 13.9 Å². The van der Waals surface area contributed by atoms with Crippen molar-refractivity contribution in [3.63, 3.8) is 0 Å². The Morgan fingerprint density at radius 3 is 2.58 bits per heavy atom. The van der Waals surface area contributed by atoms with Gasteiger partial charge in [0.25, 0.3) is 0 Å². The minimum Gasteiger partial charge on any atom is -0.507 e. The van der Waals surface area contributed by atoms with Gasteiger partial charge in [-0.15, -0.1) is 11.6 Å². The molecule has 0 fully saturated rings. The molecule has 0 amide bonds. The lowest BCUT2D eigenvalue weighted by molar-refractivity contribution is 0.333. The lowest BCUT2D eigenvalue weighted by atomic mass is 9.73. The number of nitrogens with zero attached hydrogens (tertiary/aromatic N) is 2. The van der Waals surface area contributed by atoms with Crippen LogP contribution in [0.5, 0.6) is 11.5 Å². The predicted octanol–water partition coefficient (Wildman–Crippen LogP) is 7.36. The third kappa shape index (κ3) is 6.88. The molecule has 1 aromatic rings. The first kappa shape index (κ1) is 28.0. The number of aromatic hydroxyl groups is 1. The van der Waals surface area contributed by atoms with Crippen LogP contribution in [-0.2, 0) is 11.0 Å². The quantitative estimate of drug-likeness (QED) is 0.142. The van der Waals surface area contributed by atoms with E-state index in [-0.39, 0.29) is 17.6 Å². The zero-order valence-electron chi connectivity index (χ0n) is 21.2. The SMILES string of the molecule is C=C(C)[C@@H]1CCC(C)=C[C@H]1c1c(O)cc(CCCCC)cc1OP(=O)(N(C)C)N(C)CCCl. The zero-order valence-corrected chi connectivity index (χ0v) is 22.9. The van der Waals surface area contributed by atoms with Crippen molar-refractivity contribution in [3.05, 3.63) is 47.1 Å². The van der Waals surface area contributed by atoms with Crippen LogP contribution in [0, 0.1) is 5.92 Å². The normalized spacial score (nSPS) is 20.6. The molecular weight excluding hydrogens is 455 g/mol. The lowest BCUT2D eigenvalue weighted by Gasteiger charge is -2.35. The topological polar surface area (TPSA) is 53.0 Å². The first-order valence-electron chi connectivity index (χ1n) is 12.0. The molecule has 2 rings (SSSR count). The number of rotatable bonds is 12. The van der Waals surface area contributed by atoms with Crippen LogP contribution >= 0.6 is 19.3 Å². The molecule has 7 heteroatoms. The van der Waals surface area contributed by atoms with E-state index < -0.39 is 7.67 Å². The van der Waals surface area contributed by atoms with E-state index in [9.17, 15) is 9.67 Å². The standard InChI is InChI=1S/C26H42ClN2O3P/c1-8-9-10-11-21-17-24(30)26(23-16-20(4)12-13-22(23)19(2)3)25(18-21)32-33(31,28(5)6)29(7)15-14-27/h16-18,22-23,30H,2,8-15H2,1,3-7H3/t22-,23+,33?/m0/s1. The summed E-state index contributed by atoms with van der Waals surface area (Å²) in [5.74, 6) is 1.14. The number of hydrogen-bond donors (Lipinski definition) is 1. The highest BCUT2D eigenvalue weighted by atomic mass is 35.5. The number of halogens is 1. The average molecular weight is 497 g/mol. The van der Waals surface area contributed by atoms with Gasteiger partial charge in [-0.2, -0.15) is 0 Å². The van der Waals surface area contributed by atoms with E-state index in [0.717, 1.165) is 49.7 Å². The summed E-state index contributed by atoms with van der Waals surface area (Å²) >= 11 is 5.96. The maximum atomic E-state index is 14.0. The minimum atomic E-state index is -3.40. The van der Waals surface area contributed by atoms with Crippen molar-refractivity contribution in [2.24, 2.45) is 5.92 Å². The summed E-state index contributed by atoms with van der Waals surface area (Å²) in [5, 5.41) is 11.3. The molecule has 186 valence electrons. The maximum absolute atomic E-state index is 14.0. The van der Waals surface area contributed by atoms with Crippen molar-refractivity contribution in [2.45, 2.75) is 65.2 Å². The van der Waals surface area contributed by atoms with Crippen LogP contribution in [0.2, 0.25) is 0 Å². The molecular formula is C26H42ClN2O3P. The molecule has 1 unspecified atom stereocenters. The highest BCUT2D eigenvalue weighted by Gasteiger charge is 2.37. The van der Waals surface area contributed by atoms with E-state index in [4.69, 9.17) is 16.1 Å². The first-order chi connectivity index (χ1) is 15.5. The smallest absolute Gasteiger partial charge is 0.395 e. The number of allylic oxidation sites excluding steroid dienone is 3. The van der Waals surface area contributed by atoms with Gasteiger partial charge >= 0.3 is 7.67 Å². The van der Waals surface area contributed by atoms with Gasteiger partial charge in [0.1, 0.15) is 11.5 Å².